The van der Waals surface area contributed by atoms with Gasteiger partial charge in [0.2, 0.25) is 0 Å². The minimum absolute atomic E-state index is 0.0597. The second-order valence-corrected chi connectivity index (χ2v) is 8.60. The van der Waals surface area contributed by atoms with E-state index < -0.39 is 62.9 Å². The minimum Gasteiger partial charge on any atom is -0.507 e. The number of carbonyl (C=O) groups excluding carboxylic acids is 3. The molecule has 10 heteroatoms. The lowest BCUT2D eigenvalue weighted by molar-refractivity contribution is -0.137. The predicted molar refractivity (Wildman–Crippen MR) is 121 cm³/mol. The average Bonchev–Trinajstić information content (AvgIpc) is 3.08. The Morgan fingerprint density at radius 3 is 2.39 bits per heavy atom. The number of phenolic OH excluding ortho intramolecular Hbond substituents is 2. The number of benzene rings is 2. The van der Waals surface area contributed by atoms with E-state index in [4.69, 9.17) is 4.74 Å². The van der Waals surface area contributed by atoms with Crippen molar-refractivity contribution in [2.75, 3.05) is 0 Å². The number of rotatable bonds is 4. The number of fused-ring (bicyclic) bond motifs is 3. The van der Waals surface area contributed by atoms with Gasteiger partial charge in [0, 0.05) is 11.6 Å². The van der Waals surface area contributed by atoms with Crippen LogP contribution in [0.25, 0.3) is 6.08 Å². The fraction of sp³-hybridized carbons (Fsp3) is 0.192. The van der Waals surface area contributed by atoms with E-state index in [0.717, 1.165) is 37.3 Å². The highest BCUT2D eigenvalue weighted by atomic mass is 19.4. The van der Waals surface area contributed by atoms with Gasteiger partial charge in [-0.25, -0.2) is 0 Å². The van der Waals surface area contributed by atoms with Crippen molar-refractivity contribution in [3.05, 3.63) is 81.3 Å². The molecule has 186 valence electrons. The van der Waals surface area contributed by atoms with Crippen molar-refractivity contribution in [3.8, 4) is 17.2 Å². The maximum atomic E-state index is 13.3. The number of alkyl halides is 3. The topological polar surface area (TPSA) is 121 Å². The molecule has 1 atom stereocenters. The van der Waals surface area contributed by atoms with Gasteiger partial charge >= 0.3 is 6.18 Å². The number of halogens is 3. The van der Waals surface area contributed by atoms with Gasteiger partial charge in [-0.15, -0.1) is 0 Å². The number of aromatic hydroxyl groups is 2. The number of phenols is 2. The highest BCUT2D eigenvalue weighted by Gasteiger charge is 2.55. The normalized spacial score (nSPS) is 19.2. The zero-order valence-electron chi connectivity index (χ0n) is 19.1. The van der Waals surface area contributed by atoms with Crippen LogP contribution in [0.1, 0.15) is 46.5 Å². The van der Waals surface area contributed by atoms with Gasteiger partial charge < -0.3 is 20.1 Å². The van der Waals surface area contributed by atoms with E-state index in [1.54, 1.807) is 0 Å². The molecule has 0 unspecified atom stereocenters. The molecule has 2 aromatic rings. The van der Waals surface area contributed by atoms with Gasteiger partial charge in [-0.1, -0.05) is 18.2 Å². The molecule has 7 nitrogen and oxygen atoms in total. The second-order valence-electron chi connectivity index (χ2n) is 8.60. The summed E-state index contributed by atoms with van der Waals surface area (Å²) in [6, 6.07) is 4.23. The van der Waals surface area contributed by atoms with Crippen LogP contribution in [0, 0.1) is 6.92 Å². The molecule has 0 aromatic heterocycles. The smallest absolute Gasteiger partial charge is 0.416 e. The van der Waals surface area contributed by atoms with Gasteiger partial charge in [0.25, 0.3) is 0 Å². The van der Waals surface area contributed by atoms with Gasteiger partial charge in [0.15, 0.2) is 17.3 Å². The lowest BCUT2D eigenvalue weighted by Gasteiger charge is -2.28. The number of hydrogen-bond acceptors (Lipinski definition) is 7. The molecule has 1 aliphatic carbocycles. The van der Waals surface area contributed by atoms with Crippen LogP contribution >= 0.6 is 0 Å². The predicted octanol–water partition coefficient (Wildman–Crippen LogP) is 4.84. The first kappa shape index (κ1) is 24.8. The van der Waals surface area contributed by atoms with Gasteiger partial charge in [-0.2, -0.15) is 13.2 Å². The molecular formula is C26H19F3O7. The molecule has 1 heterocycles. The third kappa shape index (κ3) is 3.57. The fourth-order valence-corrected chi connectivity index (χ4v) is 4.33. The largest absolute Gasteiger partial charge is 0.507 e. The second kappa shape index (κ2) is 8.11. The van der Waals surface area contributed by atoms with Crippen molar-refractivity contribution in [1.82, 2.24) is 0 Å². The quantitative estimate of drug-likeness (QED) is 0.312. The van der Waals surface area contributed by atoms with Crippen LogP contribution in [0.5, 0.6) is 17.2 Å². The summed E-state index contributed by atoms with van der Waals surface area (Å²) in [6.45, 7) is 3.71. The molecule has 0 saturated heterocycles. The molecular weight excluding hydrogens is 481 g/mol. The lowest BCUT2D eigenvalue weighted by atomic mass is 9.71. The highest BCUT2D eigenvalue weighted by molar-refractivity contribution is 6.26. The number of allylic oxidation sites excluding steroid dienone is 4. The summed E-state index contributed by atoms with van der Waals surface area (Å²) in [5.41, 5.74) is -3.95. The zero-order valence-corrected chi connectivity index (χ0v) is 19.1. The number of aliphatic hydroxyl groups excluding tert-OH is 1. The summed E-state index contributed by atoms with van der Waals surface area (Å²) in [6.07, 6.45) is -1.53. The Morgan fingerprint density at radius 2 is 1.78 bits per heavy atom. The molecule has 36 heavy (non-hydrogen) atoms. The number of ether oxygens (including phenoxy) is 1. The van der Waals surface area contributed by atoms with Crippen molar-refractivity contribution in [2.24, 2.45) is 0 Å². The van der Waals surface area contributed by atoms with Crippen LogP contribution < -0.4 is 4.74 Å². The lowest BCUT2D eigenvalue weighted by Crippen LogP contribution is -2.38. The molecule has 0 spiro atoms. The number of ketones is 3. The molecule has 0 fully saturated rings. The van der Waals surface area contributed by atoms with Crippen molar-refractivity contribution in [3.63, 3.8) is 0 Å². The summed E-state index contributed by atoms with van der Waals surface area (Å²) >= 11 is 0. The van der Waals surface area contributed by atoms with Gasteiger partial charge in [0.1, 0.15) is 45.3 Å². The van der Waals surface area contributed by atoms with Gasteiger partial charge in [0.05, 0.1) is 11.1 Å². The van der Waals surface area contributed by atoms with Crippen molar-refractivity contribution in [2.45, 2.75) is 32.4 Å². The third-order valence-corrected chi connectivity index (χ3v) is 6.29. The third-order valence-electron chi connectivity index (χ3n) is 6.29. The average molecular weight is 500 g/mol. The highest BCUT2D eigenvalue weighted by Crippen LogP contribution is 2.57. The molecule has 0 bridgehead atoms. The first-order chi connectivity index (χ1) is 16.7. The number of carbonyl (C=O) groups is 3. The number of hydrogen-bond donors (Lipinski definition) is 3. The Labute approximate surface area is 202 Å². The van der Waals surface area contributed by atoms with E-state index >= 15 is 0 Å². The molecule has 4 rings (SSSR count). The van der Waals surface area contributed by atoms with Gasteiger partial charge in [-0.05, 0) is 44.5 Å². The zero-order chi connectivity index (χ0) is 26.7. The summed E-state index contributed by atoms with van der Waals surface area (Å²) in [7, 11) is 0. The van der Waals surface area contributed by atoms with E-state index in [1.165, 1.54) is 26.0 Å². The SMILES string of the molecule is CC(=O)C1=C(O)C=C2Oc3c(C(=O)/C=C/c4cccc(C(F)(F)F)c4)c(O)c(C)c(O)c3[C@]2(C)C1=O. The van der Waals surface area contributed by atoms with E-state index in [9.17, 15) is 42.9 Å². The van der Waals surface area contributed by atoms with E-state index in [2.05, 4.69) is 0 Å². The molecule has 3 N–H and O–H groups in total. The van der Waals surface area contributed by atoms with Crippen LogP contribution in [0.2, 0.25) is 0 Å². The Balaban J connectivity index is 1.85. The fourth-order valence-electron chi connectivity index (χ4n) is 4.33. The number of Topliss-reactive ketones (excluding diaryl/α,β-unsaturated/α-hetero) is 2. The van der Waals surface area contributed by atoms with Crippen LogP contribution in [-0.4, -0.2) is 32.7 Å². The van der Waals surface area contributed by atoms with E-state index in [0.29, 0.717) is 0 Å². The first-order valence-corrected chi connectivity index (χ1v) is 10.6. The number of aliphatic hydroxyl groups is 1. The van der Waals surface area contributed by atoms with Crippen molar-refractivity contribution >= 4 is 23.4 Å². The van der Waals surface area contributed by atoms with Crippen LogP contribution in [0.4, 0.5) is 13.2 Å². The maximum Gasteiger partial charge on any atom is 0.416 e. The molecule has 0 radical (unpaired) electrons. The van der Waals surface area contributed by atoms with Crippen LogP contribution in [0.15, 0.2) is 53.5 Å². The Bertz CT molecular complexity index is 1460. The summed E-state index contributed by atoms with van der Waals surface area (Å²) in [5.74, 6) is -4.89. The maximum absolute atomic E-state index is 13.3. The van der Waals surface area contributed by atoms with Gasteiger partial charge in [-0.3, -0.25) is 14.4 Å². The Morgan fingerprint density at radius 1 is 1.11 bits per heavy atom. The Kier molecular flexibility index (Phi) is 5.58. The van der Waals surface area contributed by atoms with E-state index in [-0.39, 0.29) is 28.2 Å². The molecule has 2 aliphatic rings. The monoisotopic (exact) mass is 500 g/mol. The van der Waals surface area contributed by atoms with Crippen LogP contribution in [-0.2, 0) is 21.2 Å². The van der Waals surface area contributed by atoms with Crippen LogP contribution in [0.3, 0.4) is 0 Å². The standard InChI is InChI=1S/C26H19F3O7/c1-11-21(33)19(15(31)8-7-13-5-4-6-14(9-13)26(27,28)29)23-20(22(11)34)25(3)17(36-23)10-16(32)18(12(2)30)24(25)35/h4-10,32-34H,1-3H3/b8-7+/t25-/m1/s1. The summed E-state index contributed by atoms with van der Waals surface area (Å²) in [4.78, 5) is 38.4. The first-order valence-electron chi connectivity index (χ1n) is 10.6. The molecule has 0 amide bonds. The summed E-state index contributed by atoms with van der Waals surface area (Å²) < 4.78 is 44.7. The summed E-state index contributed by atoms with van der Waals surface area (Å²) in [5, 5.41) is 31.7. The molecule has 2 aromatic carbocycles. The minimum atomic E-state index is -4.58. The molecule has 0 saturated carbocycles. The van der Waals surface area contributed by atoms with Crippen molar-refractivity contribution < 1.29 is 47.6 Å². The van der Waals surface area contributed by atoms with Crippen molar-refractivity contribution in [1.29, 1.82) is 0 Å². The van der Waals surface area contributed by atoms with E-state index in [1.807, 2.05) is 0 Å². The molecule has 1 aliphatic heterocycles. The Hall–Kier alpha value is -4.34.